The number of hydrogen-bond acceptors (Lipinski definition) is 13. The molecule has 0 unspecified atom stereocenters. The predicted octanol–water partition coefficient (Wildman–Crippen LogP) is 4.45. The first kappa shape index (κ1) is 36.1. The second kappa shape index (κ2) is 13.3. The van der Waals surface area contributed by atoms with Gasteiger partial charge in [-0.25, -0.2) is 23.5 Å². The number of aryl methyl sites for hydroxylation is 1. The van der Waals surface area contributed by atoms with Crippen LogP contribution in [0.1, 0.15) is 48.8 Å². The van der Waals surface area contributed by atoms with Crippen molar-refractivity contribution in [3.8, 4) is 12.1 Å². The van der Waals surface area contributed by atoms with Crippen LogP contribution in [0.3, 0.4) is 0 Å². The third kappa shape index (κ3) is 7.11. The van der Waals surface area contributed by atoms with E-state index in [-0.39, 0.29) is 45.3 Å². The number of likely N-dealkylation sites (N-methyl/N-ethyl adjacent to an activating group) is 1. The number of nitrogens with one attached hydrogen (secondary N) is 1. The Morgan fingerprint density at radius 1 is 1.12 bits per heavy atom. The zero-order valence-corrected chi connectivity index (χ0v) is 30.2. The van der Waals surface area contributed by atoms with Gasteiger partial charge in [-0.05, 0) is 45.4 Å². The Morgan fingerprint density at radius 2 is 1.76 bits per heavy atom. The van der Waals surface area contributed by atoms with E-state index in [0.29, 0.717) is 30.1 Å². The van der Waals surface area contributed by atoms with Crippen LogP contribution in [0.2, 0.25) is 0 Å². The third-order valence-corrected chi connectivity index (χ3v) is 10.3. The monoisotopic (exact) mass is 732 g/mol. The van der Waals surface area contributed by atoms with E-state index in [9.17, 15) is 20.1 Å². The van der Waals surface area contributed by atoms with Crippen LogP contribution in [0.5, 0.6) is 0 Å². The molecule has 18 heteroatoms. The second-order valence-corrected chi connectivity index (χ2v) is 15.5. The van der Waals surface area contributed by atoms with Crippen molar-refractivity contribution in [3.63, 3.8) is 0 Å². The number of halogens is 3. The Morgan fingerprint density at radius 3 is 2.33 bits per heavy atom. The van der Waals surface area contributed by atoms with Crippen LogP contribution in [0.25, 0.3) is 0 Å². The van der Waals surface area contributed by atoms with Gasteiger partial charge < -0.3 is 25.2 Å². The number of nitriles is 2. The Hall–Kier alpha value is -4.19. The van der Waals surface area contributed by atoms with Gasteiger partial charge in [0.1, 0.15) is 40.5 Å². The molecule has 49 heavy (non-hydrogen) atoms. The maximum atomic E-state index is 15.1. The lowest BCUT2D eigenvalue weighted by atomic mass is 9.74. The fraction of sp³-hybridized carbons (Fsp3) is 0.516. The summed E-state index contributed by atoms with van der Waals surface area (Å²) in [6.45, 7) is 4.03. The number of fused-ring (bicyclic) bond motifs is 2. The molecule has 2 aliphatic heterocycles. The molecule has 4 heterocycles. The maximum absolute atomic E-state index is 15.1. The summed E-state index contributed by atoms with van der Waals surface area (Å²) in [6.07, 6.45) is 2.53. The smallest absolute Gasteiger partial charge is 0.412 e. The molecule has 3 N–H and O–H groups in total. The first-order chi connectivity index (χ1) is 22.9. The topological polar surface area (TPSA) is 177 Å². The molecule has 0 bridgehead atoms. The Bertz CT molecular complexity index is 1850. The molecule has 0 aromatic carbocycles. The standard InChI is InChI=1S/C31H35ClF2N10O3S2/c1-29(2,3)47-28(46)41-25-16(9-35)20-19(49-25)7-8-30(20)13-44(14-30)24-17(10-36)23(39-27(40-24)48-6)43-11-18(38-12-31(33,34)15-43)21(32)22(37)26(45)42(4)5/h7-8,11-15,37H2,1-6H3,(H,41,46)/b22-21+. The summed E-state index contributed by atoms with van der Waals surface area (Å²) < 4.78 is 35.7. The first-order valence-electron chi connectivity index (χ1n) is 15.1. The number of nitrogens with two attached hydrogens (primary N) is 1. The molecule has 0 radical (unpaired) electrons. The molecule has 260 valence electrons. The molecule has 1 fully saturated rings. The molecular formula is C31H35ClF2N10O3S2. The lowest BCUT2D eigenvalue weighted by Crippen LogP contribution is -2.59. The number of thioether (sulfide) groups is 1. The van der Waals surface area contributed by atoms with Gasteiger partial charge in [-0.1, -0.05) is 23.4 Å². The first-order valence-corrected chi connectivity index (χ1v) is 17.5. The molecule has 2 aromatic heterocycles. The van der Waals surface area contributed by atoms with E-state index in [1.807, 2.05) is 4.90 Å². The molecule has 1 aliphatic carbocycles. The number of nitrogens with zero attached hydrogens (tertiary/aromatic N) is 8. The van der Waals surface area contributed by atoms with E-state index < -0.39 is 42.0 Å². The molecule has 3 aliphatic rings. The fourth-order valence-electron chi connectivity index (χ4n) is 6.11. The number of carbonyl (C=O) groups is 2. The fourth-order valence-corrected chi connectivity index (χ4v) is 7.92. The van der Waals surface area contributed by atoms with Gasteiger partial charge in [-0.3, -0.25) is 15.1 Å². The number of amides is 2. The van der Waals surface area contributed by atoms with E-state index in [1.54, 1.807) is 27.0 Å². The van der Waals surface area contributed by atoms with Gasteiger partial charge in [0.15, 0.2) is 16.8 Å². The van der Waals surface area contributed by atoms with Crippen molar-refractivity contribution < 1.29 is 23.1 Å². The highest BCUT2D eigenvalue weighted by Gasteiger charge is 2.52. The van der Waals surface area contributed by atoms with Gasteiger partial charge in [0.05, 0.1) is 29.4 Å². The summed E-state index contributed by atoms with van der Waals surface area (Å²) in [5, 5.41) is 23.7. The van der Waals surface area contributed by atoms with Gasteiger partial charge in [0.25, 0.3) is 11.8 Å². The quantitative estimate of drug-likeness (QED) is 0.244. The lowest BCUT2D eigenvalue weighted by molar-refractivity contribution is -0.124. The van der Waals surface area contributed by atoms with E-state index in [1.165, 1.54) is 47.0 Å². The molecular weight excluding hydrogens is 698 g/mol. The average molecular weight is 733 g/mol. The minimum Gasteiger partial charge on any atom is -0.444 e. The van der Waals surface area contributed by atoms with Crippen LogP contribution >= 0.6 is 34.7 Å². The van der Waals surface area contributed by atoms with Crippen molar-refractivity contribution in [1.29, 1.82) is 10.5 Å². The van der Waals surface area contributed by atoms with E-state index in [2.05, 4.69) is 32.4 Å². The van der Waals surface area contributed by atoms with Gasteiger partial charge >= 0.3 is 6.09 Å². The van der Waals surface area contributed by atoms with Crippen molar-refractivity contribution in [2.75, 3.05) is 68.2 Å². The van der Waals surface area contributed by atoms with Gasteiger partial charge in [-0.2, -0.15) is 10.5 Å². The molecule has 13 nitrogen and oxygen atoms in total. The number of carbonyl (C=O) groups excluding carboxylic acids is 2. The zero-order chi connectivity index (χ0) is 36.1. The van der Waals surface area contributed by atoms with E-state index >= 15 is 8.78 Å². The summed E-state index contributed by atoms with van der Waals surface area (Å²) in [5.41, 5.74) is 5.67. The van der Waals surface area contributed by atoms with Crippen molar-refractivity contribution in [3.05, 3.63) is 32.3 Å². The number of hydrogen-bond donors (Lipinski definition) is 2. The maximum Gasteiger partial charge on any atom is 0.412 e. The molecule has 0 saturated carbocycles. The van der Waals surface area contributed by atoms with Crippen LogP contribution in [-0.2, 0) is 21.4 Å². The normalized spacial score (nSPS) is 18.3. The van der Waals surface area contributed by atoms with Crippen LogP contribution in [-0.4, -0.2) is 97.2 Å². The Balaban J connectivity index is 1.48. The predicted molar refractivity (Wildman–Crippen MR) is 185 cm³/mol. The Labute approximate surface area is 295 Å². The van der Waals surface area contributed by atoms with Gasteiger partial charge in [0.2, 0.25) is 0 Å². The Kier molecular flexibility index (Phi) is 9.77. The summed E-state index contributed by atoms with van der Waals surface area (Å²) in [6, 6.07) is 4.40. The van der Waals surface area contributed by atoms with Crippen LogP contribution in [0.15, 0.2) is 20.9 Å². The van der Waals surface area contributed by atoms with Crippen LogP contribution in [0, 0.1) is 22.7 Å². The minimum absolute atomic E-state index is 0.0153. The number of thiophene rings is 1. The number of anilines is 3. The third-order valence-electron chi connectivity index (χ3n) is 8.19. The average Bonchev–Trinajstić information content (AvgIpc) is 3.49. The van der Waals surface area contributed by atoms with Gasteiger partial charge in [0, 0.05) is 37.5 Å². The number of aliphatic imine (C=N–C) groups is 1. The highest BCUT2D eigenvalue weighted by atomic mass is 35.5. The molecule has 2 amide bonds. The van der Waals surface area contributed by atoms with Crippen LogP contribution in [0.4, 0.5) is 30.2 Å². The summed E-state index contributed by atoms with van der Waals surface area (Å²) in [5.74, 6) is -3.69. The number of rotatable bonds is 6. The summed E-state index contributed by atoms with van der Waals surface area (Å²) >= 11 is 8.98. The van der Waals surface area contributed by atoms with E-state index in [0.717, 1.165) is 16.9 Å². The number of aromatic nitrogens is 2. The second-order valence-electron chi connectivity index (χ2n) is 13.2. The van der Waals surface area contributed by atoms with Crippen molar-refractivity contribution in [2.45, 2.75) is 55.7 Å². The minimum atomic E-state index is -3.32. The molecule has 5 rings (SSSR count). The molecule has 2 aromatic rings. The van der Waals surface area contributed by atoms with Gasteiger partial charge in [-0.15, -0.1) is 11.3 Å². The molecule has 1 spiro atoms. The highest BCUT2D eigenvalue weighted by Crippen LogP contribution is 2.53. The zero-order valence-electron chi connectivity index (χ0n) is 27.8. The molecule has 1 saturated heterocycles. The van der Waals surface area contributed by atoms with Crippen LogP contribution < -0.4 is 20.9 Å². The van der Waals surface area contributed by atoms with Crippen molar-refractivity contribution in [1.82, 2.24) is 14.9 Å². The SMILES string of the molecule is CSc1nc(N2CC(/C(Cl)=C(\N)C(=O)N(C)C)=NCC(F)(F)C2)c(C#N)c(N2CC3(CCc4sc(NC(=O)OC(C)(C)C)c(C#N)c43)C2)n1. The summed E-state index contributed by atoms with van der Waals surface area (Å²) in [4.78, 5) is 43.4. The summed E-state index contributed by atoms with van der Waals surface area (Å²) in [7, 11) is 2.96. The number of ether oxygens (including phenoxy) is 1. The van der Waals surface area contributed by atoms with Crippen molar-refractivity contribution in [2.24, 2.45) is 10.7 Å². The lowest BCUT2D eigenvalue weighted by Gasteiger charge is -2.49. The molecule has 0 atom stereocenters. The van der Waals surface area contributed by atoms with E-state index in [4.69, 9.17) is 22.1 Å². The highest BCUT2D eigenvalue weighted by molar-refractivity contribution is 7.98. The largest absolute Gasteiger partial charge is 0.444 e. The number of alkyl halides is 2. The van der Waals surface area contributed by atoms with Crippen molar-refractivity contribution >= 4 is 69.0 Å².